The topological polar surface area (TPSA) is 99.4 Å². The maximum atomic E-state index is 11.5. The first-order valence-corrected chi connectivity index (χ1v) is 9.28. The molecule has 0 aliphatic heterocycles. The average molecular weight is 386 g/mol. The maximum Gasteiger partial charge on any atom is 0.488 e. The molecule has 0 amide bonds. The van der Waals surface area contributed by atoms with Crippen LogP contribution in [0.2, 0.25) is 0 Å². The predicted octanol–water partition coefficient (Wildman–Crippen LogP) is 2.92. The van der Waals surface area contributed by atoms with Gasteiger partial charge in [0.1, 0.15) is 0 Å². The van der Waals surface area contributed by atoms with E-state index in [4.69, 9.17) is 0 Å². The molecule has 0 saturated heterocycles. The summed E-state index contributed by atoms with van der Waals surface area (Å²) in [6, 6.07) is 24.2. The van der Waals surface area contributed by atoms with E-state index in [0.29, 0.717) is 11.0 Å². The van der Waals surface area contributed by atoms with Gasteiger partial charge >= 0.3 is 7.12 Å². The number of hydrogen-bond donors (Lipinski definition) is 3. The molecule has 3 aromatic carbocycles. The molecule has 29 heavy (non-hydrogen) atoms. The molecule has 7 heteroatoms. The van der Waals surface area contributed by atoms with Gasteiger partial charge in [0.15, 0.2) is 0 Å². The van der Waals surface area contributed by atoms with Gasteiger partial charge in [0.25, 0.3) is 0 Å². The van der Waals surface area contributed by atoms with Crippen molar-refractivity contribution in [1.29, 1.82) is 0 Å². The standard InChI is InChI=1S/C22H19BN2O4/c26-23(27)17-11-12-18-20(13-17)24-22(16-9-5-2-6-10-16)21(18)19(14-25(28)29)15-7-3-1-4-8-15/h1-13,19,24,26-27H,14H2. The van der Waals surface area contributed by atoms with Crippen LogP contribution >= 0.6 is 0 Å². The lowest BCUT2D eigenvalue weighted by Gasteiger charge is -2.16. The molecule has 0 spiro atoms. The van der Waals surface area contributed by atoms with Gasteiger partial charge in [0.05, 0.1) is 11.6 Å². The minimum atomic E-state index is -1.59. The summed E-state index contributed by atoms with van der Waals surface area (Å²) >= 11 is 0. The second-order valence-corrected chi connectivity index (χ2v) is 6.94. The molecule has 0 saturated carbocycles. The Hall–Kier alpha value is -3.42. The Morgan fingerprint density at radius 1 is 0.966 bits per heavy atom. The molecule has 0 aliphatic carbocycles. The summed E-state index contributed by atoms with van der Waals surface area (Å²) < 4.78 is 0. The zero-order valence-electron chi connectivity index (χ0n) is 15.5. The molecule has 4 aromatic rings. The fraction of sp³-hybridized carbons (Fsp3) is 0.0909. The molecule has 1 atom stereocenters. The summed E-state index contributed by atoms with van der Waals surface area (Å²) in [5, 5.41) is 31.4. The van der Waals surface area contributed by atoms with E-state index in [2.05, 4.69) is 4.98 Å². The zero-order chi connectivity index (χ0) is 20.4. The molecule has 0 fully saturated rings. The molecular formula is C22H19BN2O4. The molecule has 4 rings (SSSR count). The number of benzene rings is 3. The number of nitro groups is 1. The first kappa shape index (κ1) is 18.9. The van der Waals surface area contributed by atoms with Gasteiger partial charge in [-0.25, -0.2) is 0 Å². The minimum Gasteiger partial charge on any atom is -0.423 e. The number of fused-ring (bicyclic) bond motifs is 1. The van der Waals surface area contributed by atoms with Crippen molar-refractivity contribution in [3.8, 4) is 11.3 Å². The first-order chi connectivity index (χ1) is 14.0. The van der Waals surface area contributed by atoms with Crippen LogP contribution in [0.15, 0.2) is 78.9 Å². The quantitative estimate of drug-likeness (QED) is 0.270. The van der Waals surface area contributed by atoms with Crippen LogP contribution in [-0.4, -0.2) is 33.6 Å². The average Bonchev–Trinajstić information content (AvgIpc) is 3.11. The van der Waals surface area contributed by atoms with Crippen LogP contribution in [0.4, 0.5) is 0 Å². The molecular weight excluding hydrogens is 367 g/mol. The second kappa shape index (κ2) is 7.91. The number of hydrogen-bond acceptors (Lipinski definition) is 4. The molecule has 1 heterocycles. The highest BCUT2D eigenvalue weighted by molar-refractivity contribution is 6.58. The van der Waals surface area contributed by atoms with Crippen LogP contribution in [-0.2, 0) is 0 Å². The van der Waals surface area contributed by atoms with Crippen LogP contribution in [0, 0.1) is 10.1 Å². The largest absolute Gasteiger partial charge is 0.488 e. The Kier molecular flexibility index (Phi) is 5.16. The van der Waals surface area contributed by atoms with Crippen molar-refractivity contribution >= 4 is 23.5 Å². The summed E-state index contributed by atoms with van der Waals surface area (Å²) in [7, 11) is -1.59. The molecule has 0 bridgehead atoms. The highest BCUT2D eigenvalue weighted by atomic mass is 16.6. The number of H-pyrrole nitrogens is 1. The zero-order valence-corrected chi connectivity index (χ0v) is 15.5. The van der Waals surface area contributed by atoms with Crippen LogP contribution in [0.3, 0.4) is 0 Å². The molecule has 0 aliphatic rings. The first-order valence-electron chi connectivity index (χ1n) is 9.28. The van der Waals surface area contributed by atoms with E-state index in [9.17, 15) is 20.2 Å². The highest BCUT2D eigenvalue weighted by Gasteiger charge is 2.28. The smallest absolute Gasteiger partial charge is 0.423 e. The van der Waals surface area contributed by atoms with Crippen LogP contribution < -0.4 is 5.46 Å². The molecule has 1 unspecified atom stereocenters. The van der Waals surface area contributed by atoms with Crippen molar-refractivity contribution in [3.63, 3.8) is 0 Å². The van der Waals surface area contributed by atoms with Gasteiger partial charge in [0.2, 0.25) is 6.54 Å². The molecule has 6 nitrogen and oxygen atoms in total. The van der Waals surface area contributed by atoms with Crippen molar-refractivity contribution < 1.29 is 15.0 Å². The van der Waals surface area contributed by atoms with Gasteiger partial charge in [-0.05, 0) is 28.2 Å². The number of rotatable bonds is 6. The van der Waals surface area contributed by atoms with Crippen molar-refractivity contribution in [2.45, 2.75) is 5.92 Å². The Balaban J connectivity index is 2.00. The van der Waals surface area contributed by atoms with E-state index in [1.54, 1.807) is 18.2 Å². The Morgan fingerprint density at radius 3 is 2.24 bits per heavy atom. The van der Waals surface area contributed by atoms with Gasteiger partial charge in [-0.15, -0.1) is 0 Å². The number of nitrogens with zero attached hydrogens (tertiary/aromatic N) is 1. The van der Waals surface area contributed by atoms with E-state index >= 15 is 0 Å². The van der Waals surface area contributed by atoms with E-state index in [0.717, 1.165) is 27.8 Å². The van der Waals surface area contributed by atoms with E-state index in [1.165, 1.54) is 0 Å². The SMILES string of the molecule is O=[N+]([O-])CC(c1ccccc1)c1c(-c2ccccc2)[nH]c2cc(B(O)O)ccc12. The summed E-state index contributed by atoms with van der Waals surface area (Å²) in [6.07, 6.45) is 0. The van der Waals surface area contributed by atoms with Crippen molar-refractivity contribution in [2.75, 3.05) is 6.54 Å². The Labute approximate surface area is 167 Å². The molecule has 1 aromatic heterocycles. The molecule has 0 radical (unpaired) electrons. The van der Waals surface area contributed by atoms with Crippen molar-refractivity contribution in [1.82, 2.24) is 4.98 Å². The third kappa shape index (κ3) is 3.78. The van der Waals surface area contributed by atoms with Gasteiger partial charge in [-0.2, -0.15) is 0 Å². The van der Waals surface area contributed by atoms with E-state index in [-0.39, 0.29) is 11.5 Å². The lowest BCUT2D eigenvalue weighted by Crippen LogP contribution is -2.29. The monoisotopic (exact) mass is 386 g/mol. The van der Waals surface area contributed by atoms with Crippen LogP contribution in [0.5, 0.6) is 0 Å². The fourth-order valence-electron chi connectivity index (χ4n) is 3.79. The summed E-state index contributed by atoms with van der Waals surface area (Å²) in [4.78, 5) is 14.6. The summed E-state index contributed by atoms with van der Waals surface area (Å²) in [5.41, 5.74) is 4.45. The predicted molar refractivity (Wildman–Crippen MR) is 114 cm³/mol. The fourth-order valence-corrected chi connectivity index (χ4v) is 3.79. The highest BCUT2D eigenvalue weighted by Crippen LogP contribution is 2.38. The lowest BCUT2D eigenvalue weighted by molar-refractivity contribution is -0.481. The van der Waals surface area contributed by atoms with Crippen LogP contribution in [0.25, 0.3) is 22.2 Å². The van der Waals surface area contributed by atoms with Crippen molar-refractivity contribution in [2.24, 2.45) is 0 Å². The number of aromatic amines is 1. The third-order valence-corrected chi connectivity index (χ3v) is 5.11. The normalized spacial score (nSPS) is 12.1. The van der Waals surface area contributed by atoms with E-state index in [1.807, 2.05) is 60.7 Å². The third-order valence-electron chi connectivity index (χ3n) is 5.11. The molecule has 3 N–H and O–H groups in total. The Bertz CT molecular complexity index is 1140. The minimum absolute atomic E-state index is 0.249. The number of aromatic nitrogens is 1. The van der Waals surface area contributed by atoms with Gasteiger partial charge in [-0.1, -0.05) is 72.8 Å². The number of nitrogens with one attached hydrogen (secondary N) is 1. The van der Waals surface area contributed by atoms with Crippen molar-refractivity contribution in [3.05, 3.63) is 100 Å². The van der Waals surface area contributed by atoms with Gasteiger partial charge < -0.3 is 15.0 Å². The molecule has 144 valence electrons. The van der Waals surface area contributed by atoms with E-state index < -0.39 is 13.0 Å². The van der Waals surface area contributed by atoms with Gasteiger partial charge in [0, 0.05) is 15.8 Å². The summed E-state index contributed by atoms with van der Waals surface area (Å²) in [6.45, 7) is -0.249. The lowest BCUT2D eigenvalue weighted by atomic mass is 9.79. The second-order valence-electron chi connectivity index (χ2n) is 6.94. The maximum absolute atomic E-state index is 11.5. The van der Waals surface area contributed by atoms with Crippen LogP contribution in [0.1, 0.15) is 17.0 Å². The summed E-state index contributed by atoms with van der Waals surface area (Å²) in [5.74, 6) is -0.458. The van der Waals surface area contributed by atoms with Gasteiger partial charge in [-0.3, -0.25) is 10.1 Å². The Morgan fingerprint density at radius 2 is 1.62 bits per heavy atom.